The molecule has 0 heterocycles. The van der Waals surface area contributed by atoms with E-state index >= 15 is 0 Å². The van der Waals surface area contributed by atoms with Crippen molar-refractivity contribution >= 4 is 39.5 Å². The molecule has 0 rings (SSSR count). The summed E-state index contributed by atoms with van der Waals surface area (Å²) < 4.78 is 68.3. The van der Waals surface area contributed by atoms with Crippen LogP contribution in [0.25, 0.3) is 0 Å². The normalized spacial score (nSPS) is 13.9. The lowest BCUT2D eigenvalue weighted by molar-refractivity contribution is -0.161. The molecule has 0 aliphatic carbocycles. The minimum Gasteiger partial charge on any atom is -0.462 e. The molecule has 94 heavy (non-hydrogen) atoms. The minimum atomic E-state index is -4.95. The SMILES string of the molecule is CCCCCCCCCCCCCCCCCCCCC(=O)O[C@H](COC(=O)CCCCCCCCCCCCCCCCCC)COP(=O)(O)OC[C@@H](O)COP(=O)(O)OC[C@@H](COC(=O)CCCCCCC)OC(=O)CCCCCCCCCCCCCCCCC. The molecule has 0 bridgehead atoms. The number of hydrogen-bond acceptors (Lipinski definition) is 15. The number of esters is 4. The molecule has 0 aromatic heterocycles. The van der Waals surface area contributed by atoms with Crippen molar-refractivity contribution in [3.8, 4) is 0 Å². The van der Waals surface area contributed by atoms with Gasteiger partial charge in [0.25, 0.3) is 0 Å². The molecule has 0 aliphatic rings. The first-order valence-corrected chi connectivity index (χ1v) is 42.3. The number of unbranched alkanes of at least 4 members (excludes halogenated alkanes) is 50. The molecule has 0 spiro atoms. The van der Waals surface area contributed by atoms with Gasteiger partial charge in [-0.15, -0.1) is 0 Å². The maximum Gasteiger partial charge on any atom is 0.472 e. The molecular weight excluding hydrogens is 1230 g/mol. The Morgan fingerprint density at radius 3 is 0.628 bits per heavy atom. The average Bonchev–Trinajstić information content (AvgIpc) is 1.34. The van der Waals surface area contributed by atoms with Gasteiger partial charge in [0, 0.05) is 25.7 Å². The van der Waals surface area contributed by atoms with Crippen LogP contribution in [-0.4, -0.2) is 96.7 Å². The molecule has 3 N–H and O–H groups in total. The Morgan fingerprint density at radius 2 is 0.426 bits per heavy atom. The highest BCUT2D eigenvalue weighted by molar-refractivity contribution is 7.47. The number of carbonyl (C=O) groups is 4. The summed E-state index contributed by atoms with van der Waals surface area (Å²) in [6, 6.07) is 0. The fourth-order valence-corrected chi connectivity index (χ4v) is 13.2. The number of ether oxygens (including phenoxy) is 4. The number of phosphoric ester groups is 2. The van der Waals surface area contributed by atoms with Crippen LogP contribution in [0.15, 0.2) is 0 Å². The van der Waals surface area contributed by atoms with Gasteiger partial charge in [-0.1, -0.05) is 349 Å². The molecule has 0 amide bonds. The molecule has 5 atom stereocenters. The molecule has 558 valence electrons. The molecule has 0 saturated heterocycles. The van der Waals surface area contributed by atoms with E-state index in [2.05, 4.69) is 27.7 Å². The van der Waals surface area contributed by atoms with E-state index < -0.39 is 97.5 Å². The third-order valence-corrected chi connectivity index (χ3v) is 19.5. The summed E-state index contributed by atoms with van der Waals surface area (Å²) >= 11 is 0. The van der Waals surface area contributed by atoms with Gasteiger partial charge in [0.15, 0.2) is 12.2 Å². The predicted molar refractivity (Wildman–Crippen MR) is 382 cm³/mol. The highest BCUT2D eigenvalue weighted by atomic mass is 31.2. The quantitative estimate of drug-likeness (QED) is 0.0222. The molecule has 2 unspecified atom stereocenters. The number of aliphatic hydroxyl groups is 1. The van der Waals surface area contributed by atoms with Gasteiger partial charge < -0.3 is 33.8 Å². The number of rotatable bonds is 76. The predicted octanol–water partition coefficient (Wildman–Crippen LogP) is 22.2. The van der Waals surface area contributed by atoms with Gasteiger partial charge in [-0.05, 0) is 25.7 Å². The fourth-order valence-electron chi connectivity index (χ4n) is 11.6. The number of phosphoric acid groups is 2. The summed E-state index contributed by atoms with van der Waals surface area (Å²) in [6.07, 6.45) is 60.0. The first-order chi connectivity index (χ1) is 45.7. The van der Waals surface area contributed by atoms with Gasteiger partial charge in [0.2, 0.25) is 0 Å². The summed E-state index contributed by atoms with van der Waals surface area (Å²) in [6.45, 7) is 4.91. The first kappa shape index (κ1) is 92.1. The van der Waals surface area contributed by atoms with Gasteiger partial charge in [-0.25, -0.2) is 9.13 Å². The molecule has 19 heteroatoms. The van der Waals surface area contributed by atoms with Crippen LogP contribution in [0.1, 0.15) is 400 Å². The molecule has 17 nitrogen and oxygen atoms in total. The van der Waals surface area contributed by atoms with Crippen molar-refractivity contribution in [2.24, 2.45) is 0 Å². The lowest BCUT2D eigenvalue weighted by Gasteiger charge is -2.21. The summed E-state index contributed by atoms with van der Waals surface area (Å²) in [4.78, 5) is 72.5. The van der Waals surface area contributed by atoms with E-state index in [0.29, 0.717) is 25.7 Å². The van der Waals surface area contributed by atoms with Gasteiger partial charge in [0.05, 0.1) is 26.4 Å². The van der Waals surface area contributed by atoms with Crippen LogP contribution >= 0.6 is 15.6 Å². The first-order valence-electron chi connectivity index (χ1n) is 39.3. The lowest BCUT2D eigenvalue weighted by atomic mass is 10.0. The third-order valence-electron chi connectivity index (χ3n) is 17.6. The molecule has 0 aromatic rings. The van der Waals surface area contributed by atoms with Crippen LogP contribution in [0.3, 0.4) is 0 Å². The second-order valence-corrected chi connectivity index (χ2v) is 29.9. The van der Waals surface area contributed by atoms with Gasteiger partial charge >= 0.3 is 39.5 Å². The Balaban J connectivity index is 5.13. The molecule has 0 fully saturated rings. The van der Waals surface area contributed by atoms with Crippen molar-refractivity contribution in [1.82, 2.24) is 0 Å². The van der Waals surface area contributed by atoms with Crippen molar-refractivity contribution in [1.29, 1.82) is 0 Å². The van der Waals surface area contributed by atoms with Crippen molar-refractivity contribution < 1.29 is 80.2 Å². The summed E-state index contributed by atoms with van der Waals surface area (Å²) in [5.41, 5.74) is 0. The zero-order valence-electron chi connectivity index (χ0n) is 60.9. The highest BCUT2D eigenvalue weighted by Crippen LogP contribution is 2.45. The maximum atomic E-state index is 13.1. The third kappa shape index (κ3) is 68.6. The Kier molecular flexibility index (Phi) is 68.1. The van der Waals surface area contributed by atoms with Crippen LogP contribution in [0.4, 0.5) is 0 Å². The number of hydrogen-bond donors (Lipinski definition) is 3. The van der Waals surface area contributed by atoms with E-state index in [0.717, 1.165) is 96.3 Å². The standard InChI is InChI=1S/C75H146O17P2/c1-5-9-13-17-20-23-26-29-32-34-35-38-41-44-47-50-54-58-62-75(80)92-71(66-86-73(78)60-56-52-48-45-42-39-37-33-30-27-24-21-18-14-10-6-2)68-90-94(83,84)88-64-69(76)63-87-93(81,82)89-67-70(65-85-72(77)59-55-51-16-12-8-4)91-74(79)61-57-53-49-46-43-40-36-31-28-25-22-19-15-11-7-3/h69-71,76H,5-68H2,1-4H3,(H,81,82)(H,83,84)/t69-,70+,71+/m0/s1. The van der Waals surface area contributed by atoms with E-state index in [9.17, 15) is 43.2 Å². The van der Waals surface area contributed by atoms with Gasteiger partial charge in [-0.2, -0.15) is 0 Å². The smallest absolute Gasteiger partial charge is 0.462 e. The van der Waals surface area contributed by atoms with E-state index in [1.54, 1.807) is 0 Å². The molecule has 0 radical (unpaired) electrons. The highest BCUT2D eigenvalue weighted by Gasteiger charge is 2.30. The van der Waals surface area contributed by atoms with Crippen LogP contribution in [-0.2, 0) is 65.4 Å². The van der Waals surface area contributed by atoms with Gasteiger partial charge in [-0.3, -0.25) is 37.3 Å². The van der Waals surface area contributed by atoms with Crippen LogP contribution in [0.2, 0.25) is 0 Å². The minimum absolute atomic E-state index is 0.108. The second kappa shape index (κ2) is 69.5. The van der Waals surface area contributed by atoms with Gasteiger partial charge in [0.1, 0.15) is 19.3 Å². The number of carbonyl (C=O) groups excluding carboxylic acids is 4. The van der Waals surface area contributed by atoms with E-state index in [4.69, 9.17) is 37.0 Å². The second-order valence-electron chi connectivity index (χ2n) is 27.0. The average molecular weight is 1380 g/mol. The Morgan fingerprint density at radius 1 is 0.255 bits per heavy atom. The summed E-state index contributed by atoms with van der Waals surface area (Å²) in [5.74, 6) is -2.12. The maximum absolute atomic E-state index is 13.1. The molecular formula is C75H146O17P2. The van der Waals surface area contributed by atoms with Crippen molar-refractivity contribution in [2.45, 2.75) is 418 Å². The molecule has 0 aromatic carbocycles. The van der Waals surface area contributed by atoms with Crippen LogP contribution in [0.5, 0.6) is 0 Å². The van der Waals surface area contributed by atoms with E-state index in [1.165, 1.54) is 225 Å². The Labute approximate surface area is 575 Å². The Hall–Kier alpha value is -1.94. The largest absolute Gasteiger partial charge is 0.472 e. The monoisotopic (exact) mass is 1380 g/mol. The fraction of sp³-hybridized carbons (Fsp3) is 0.947. The van der Waals surface area contributed by atoms with Crippen molar-refractivity contribution in [3.05, 3.63) is 0 Å². The summed E-state index contributed by atoms with van der Waals surface area (Å²) in [5, 5.41) is 10.6. The topological polar surface area (TPSA) is 237 Å². The van der Waals surface area contributed by atoms with Crippen molar-refractivity contribution in [3.63, 3.8) is 0 Å². The van der Waals surface area contributed by atoms with Crippen LogP contribution < -0.4 is 0 Å². The van der Waals surface area contributed by atoms with E-state index in [1.807, 2.05) is 0 Å². The van der Waals surface area contributed by atoms with Crippen LogP contribution in [0, 0.1) is 0 Å². The zero-order valence-corrected chi connectivity index (χ0v) is 62.7. The summed E-state index contributed by atoms with van der Waals surface area (Å²) in [7, 11) is -9.90. The lowest BCUT2D eigenvalue weighted by Crippen LogP contribution is -2.30. The van der Waals surface area contributed by atoms with Crippen molar-refractivity contribution in [2.75, 3.05) is 39.6 Å². The Bertz CT molecular complexity index is 1790. The molecule has 0 aliphatic heterocycles. The van der Waals surface area contributed by atoms with E-state index in [-0.39, 0.29) is 25.7 Å². The molecule has 0 saturated carbocycles. The number of aliphatic hydroxyl groups excluding tert-OH is 1. The zero-order chi connectivity index (χ0) is 69.0.